The van der Waals surface area contributed by atoms with Gasteiger partial charge in [0, 0.05) is 31.4 Å². The number of nitrogens with zero attached hydrogens (tertiary/aromatic N) is 2. The lowest BCUT2D eigenvalue weighted by molar-refractivity contribution is -0.122. The number of nitrogens with one attached hydrogen (secondary N) is 1. The van der Waals surface area contributed by atoms with Crippen LogP contribution in [-0.2, 0) is 11.2 Å². The predicted molar refractivity (Wildman–Crippen MR) is 130 cm³/mol. The summed E-state index contributed by atoms with van der Waals surface area (Å²) >= 11 is 0. The first-order valence-electron chi connectivity index (χ1n) is 11.9. The van der Waals surface area contributed by atoms with Crippen LogP contribution in [0.5, 0.6) is 0 Å². The van der Waals surface area contributed by atoms with Crippen molar-refractivity contribution in [2.45, 2.75) is 43.8 Å². The summed E-state index contributed by atoms with van der Waals surface area (Å²) in [4.78, 5) is 38.3. The molecule has 0 bridgehead atoms. The van der Waals surface area contributed by atoms with Crippen LogP contribution >= 0.6 is 0 Å². The maximum absolute atomic E-state index is 15.8. The van der Waals surface area contributed by atoms with E-state index in [1.807, 2.05) is 30.3 Å². The number of carboxylic acids is 1. The van der Waals surface area contributed by atoms with Crippen LogP contribution in [0, 0.1) is 11.6 Å². The molecule has 5 rings (SSSR count). The number of aromatic nitrogens is 1. The standard InChI is InChI=1S/C26H26F2N4O4/c27-19-11-17-22(32(16-6-7-16)13-18(24(17)33)26(35)36)21(28)23(19)31-9-8-15(12-31)30-25(34)20(29)10-14-4-2-1-3-5-14/h1-5,11,13,15-16,20H,6-10,12,29H2,(H,30,34)(H,35,36)/t15-,20+/m1/s1. The van der Waals surface area contributed by atoms with Gasteiger partial charge in [-0.1, -0.05) is 30.3 Å². The van der Waals surface area contributed by atoms with Crippen LogP contribution in [0.15, 0.2) is 47.4 Å². The van der Waals surface area contributed by atoms with Crippen LogP contribution in [0.4, 0.5) is 14.5 Å². The summed E-state index contributed by atoms with van der Waals surface area (Å²) in [6.07, 6.45) is 3.41. The molecule has 36 heavy (non-hydrogen) atoms. The molecule has 4 N–H and O–H groups in total. The van der Waals surface area contributed by atoms with Crippen molar-refractivity contribution in [3.63, 3.8) is 0 Å². The van der Waals surface area contributed by atoms with Gasteiger partial charge in [0.05, 0.1) is 16.9 Å². The van der Waals surface area contributed by atoms with Crippen LogP contribution in [-0.4, -0.2) is 46.7 Å². The molecule has 2 aromatic carbocycles. The number of pyridine rings is 1. The quantitative estimate of drug-likeness (QED) is 0.463. The Kier molecular flexibility index (Phi) is 6.21. The Morgan fingerprint density at radius 1 is 1.17 bits per heavy atom. The second-order valence-electron chi connectivity index (χ2n) is 9.47. The van der Waals surface area contributed by atoms with Gasteiger partial charge >= 0.3 is 5.97 Å². The Morgan fingerprint density at radius 3 is 2.56 bits per heavy atom. The average molecular weight is 497 g/mol. The molecular weight excluding hydrogens is 470 g/mol. The zero-order valence-corrected chi connectivity index (χ0v) is 19.4. The largest absolute Gasteiger partial charge is 0.477 e. The van der Waals surface area contributed by atoms with Gasteiger partial charge in [0.15, 0.2) is 5.82 Å². The number of halogens is 2. The molecule has 2 fully saturated rings. The van der Waals surface area contributed by atoms with Crippen molar-refractivity contribution in [2.24, 2.45) is 5.73 Å². The number of hydrogen-bond acceptors (Lipinski definition) is 5. The Morgan fingerprint density at radius 2 is 1.89 bits per heavy atom. The third-order valence-electron chi connectivity index (χ3n) is 6.84. The van der Waals surface area contributed by atoms with Gasteiger partial charge in [0.25, 0.3) is 0 Å². The summed E-state index contributed by atoms with van der Waals surface area (Å²) in [5.74, 6) is -3.63. The van der Waals surface area contributed by atoms with Crippen molar-refractivity contribution in [2.75, 3.05) is 18.0 Å². The van der Waals surface area contributed by atoms with E-state index < -0.39 is 34.6 Å². The van der Waals surface area contributed by atoms with Crippen LogP contribution in [0.3, 0.4) is 0 Å². The molecule has 1 amide bonds. The van der Waals surface area contributed by atoms with Crippen molar-refractivity contribution in [1.82, 2.24) is 9.88 Å². The van der Waals surface area contributed by atoms with Gasteiger partial charge in [-0.2, -0.15) is 0 Å². The molecule has 2 atom stereocenters. The smallest absolute Gasteiger partial charge is 0.341 e. The number of rotatable bonds is 7. The van der Waals surface area contributed by atoms with Gasteiger partial charge < -0.3 is 25.6 Å². The van der Waals surface area contributed by atoms with Gasteiger partial charge in [0.1, 0.15) is 17.1 Å². The highest BCUT2D eigenvalue weighted by atomic mass is 19.1. The monoisotopic (exact) mass is 496 g/mol. The topological polar surface area (TPSA) is 118 Å². The zero-order chi connectivity index (χ0) is 25.6. The molecule has 8 nitrogen and oxygen atoms in total. The number of amides is 1. The molecule has 188 valence electrons. The van der Waals surface area contributed by atoms with Crippen molar-refractivity contribution >= 4 is 28.5 Å². The van der Waals surface area contributed by atoms with Crippen LogP contribution in [0.2, 0.25) is 0 Å². The molecule has 1 aromatic heterocycles. The minimum atomic E-state index is -1.44. The van der Waals surface area contributed by atoms with Crippen LogP contribution < -0.4 is 21.4 Å². The molecule has 0 spiro atoms. The molecule has 1 aliphatic heterocycles. The lowest BCUT2D eigenvalue weighted by atomic mass is 10.1. The number of carbonyl (C=O) groups excluding carboxylic acids is 1. The number of hydrogen-bond donors (Lipinski definition) is 3. The number of anilines is 1. The van der Waals surface area contributed by atoms with Crippen molar-refractivity contribution in [3.05, 3.63) is 75.6 Å². The summed E-state index contributed by atoms with van der Waals surface area (Å²) < 4.78 is 32.4. The molecule has 2 aliphatic rings. The normalized spacial score (nSPS) is 18.4. The maximum Gasteiger partial charge on any atom is 0.341 e. The Balaban J connectivity index is 1.39. The first-order valence-corrected chi connectivity index (χ1v) is 11.9. The minimum Gasteiger partial charge on any atom is -0.477 e. The van der Waals surface area contributed by atoms with E-state index in [0.29, 0.717) is 32.2 Å². The van der Waals surface area contributed by atoms with Gasteiger partial charge in [-0.15, -0.1) is 0 Å². The zero-order valence-electron chi connectivity index (χ0n) is 19.4. The number of carbonyl (C=O) groups is 2. The maximum atomic E-state index is 15.8. The van der Waals surface area contributed by atoms with Crippen LogP contribution in [0.1, 0.15) is 41.2 Å². The number of nitrogens with two attached hydrogens (primary N) is 1. The molecule has 1 aliphatic carbocycles. The second-order valence-corrected chi connectivity index (χ2v) is 9.47. The summed E-state index contributed by atoms with van der Waals surface area (Å²) in [7, 11) is 0. The number of aromatic carboxylic acids is 1. The number of fused-ring (bicyclic) bond motifs is 1. The highest BCUT2D eigenvalue weighted by Crippen LogP contribution is 2.40. The van der Waals surface area contributed by atoms with Crippen molar-refractivity contribution in [1.29, 1.82) is 0 Å². The van der Waals surface area contributed by atoms with E-state index in [-0.39, 0.29) is 41.1 Å². The van der Waals surface area contributed by atoms with E-state index in [1.165, 1.54) is 9.47 Å². The lowest BCUT2D eigenvalue weighted by Gasteiger charge is -2.23. The van der Waals surface area contributed by atoms with Crippen LogP contribution in [0.25, 0.3) is 10.9 Å². The lowest BCUT2D eigenvalue weighted by Crippen LogP contribution is -2.47. The number of benzene rings is 2. The van der Waals surface area contributed by atoms with E-state index in [0.717, 1.165) is 17.8 Å². The minimum absolute atomic E-state index is 0.0960. The summed E-state index contributed by atoms with van der Waals surface area (Å²) in [6.45, 7) is 0.461. The summed E-state index contributed by atoms with van der Waals surface area (Å²) in [5.41, 5.74) is 5.17. The fraction of sp³-hybridized carbons (Fsp3) is 0.346. The molecule has 2 heterocycles. The average Bonchev–Trinajstić information content (AvgIpc) is 3.59. The molecular formula is C26H26F2N4O4. The van der Waals surface area contributed by atoms with Gasteiger partial charge in [0.2, 0.25) is 11.3 Å². The Labute approximate surface area is 205 Å². The van der Waals surface area contributed by atoms with E-state index in [4.69, 9.17) is 5.73 Å². The van der Waals surface area contributed by atoms with Crippen molar-refractivity contribution < 1.29 is 23.5 Å². The molecule has 1 saturated carbocycles. The SMILES string of the molecule is N[C@@H](Cc1ccccc1)C(=O)N[C@@H]1CCN(c2c(F)cc3c(=O)c(C(=O)O)cn(C4CC4)c3c2F)C1. The molecule has 3 aromatic rings. The first-order chi connectivity index (χ1) is 17.2. The van der Waals surface area contributed by atoms with E-state index in [1.54, 1.807) is 0 Å². The molecule has 0 unspecified atom stereocenters. The third-order valence-corrected chi connectivity index (χ3v) is 6.84. The van der Waals surface area contributed by atoms with E-state index in [2.05, 4.69) is 5.32 Å². The fourth-order valence-electron chi connectivity index (χ4n) is 4.86. The van der Waals surface area contributed by atoms with Crippen molar-refractivity contribution in [3.8, 4) is 0 Å². The third kappa shape index (κ3) is 4.44. The number of carboxylic acid groups (broad SMARTS) is 1. The van der Waals surface area contributed by atoms with Gasteiger partial charge in [-0.05, 0) is 37.3 Å². The van der Waals surface area contributed by atoms with Gasteiger partial charge in [-0.25, -0.2) is 13.6 Å². The summed E-state index contributed by atoms with van der Waals surface area (Å²) in [5, 5.41) is 12.0. The summed E-state index contributed by atoms with van der Waals surface area (Å²) in [6, 6.07) is 9.05. The molecule has 10 heteroatoms. The predicted octanol–water partition coefficient (Wildman–Crippen LogP) is 2.58. The second kappa shape index (κ2) is 9.34. The van der Waals surface area contributed by atoms with E-state index in [9.17, 15) is 19.5 Å². The fourth-order valence-corrected chi connectivity index (χ4v) is 4.86. The Hall–Kier alpha value is -3.79. The molecule has 1 saturated heterocycles. The highest BCUT2D eigenvalue weighted by molar-refractivity contribution is 5.94. The van der Waals surface area contributed by atoms with E-state index >= 15 is 8.78 Å². The Bertz CT molecular complexity index is 1400. The van der Waals surface area contributed by atoms with Gasteiger partial charge in [-0.3, -0.25) is 9.59 Å². The highest BCUT2D eigenvalue weighted by Gasteiger charge is 2.33. The first kappa shape index (κ1) is 23.9. The molecule has 0 radical (unpaired) electrons.